The van der Waals surface area contributed by atoms with Crippen LogP contribution in [0.4, 0.5) is 5.82 Å². The van der Waals surface area contributed by atoms with E-state index in [-0.39, 0.29) is 12.0 Å². The average molecular weight is 262 g/mol. The third-order valence-electron chi connectivity index (χ3n) is 3.48. The molecule has 0 saturated carbocycles. The molecule has 0 spiro atoms. The SMILES string of the molecule is CC(=O)C1CCN(c2ncccc2OC(C)C)CC1. The number of carbonyl (C=O) groups is 1. The van der Waals surface area contributed by atoms with Crippen molar-refractivity contribution in [2.24, 2.45) is 5.92 Å². The van der Waals surface area contributed by atoms with Gasteiger partial charge in [0.1, 0.15) is 5.78 Å². The summed E-state index contributed by atoms with van der Waals surface area (Å²) in [6.07, 6.45) is 3.75. The van der Waals surface area contributed by atoms with Crippen LogP contribution < -0.4 is 9.64 Å². The lowest BCUT2D eigenvalue weighted by Crippen LogP contribution is -2.36. The summed E-state index contributed by atoms with van der Waals surface area (Å²) in [5.74, 6) is 2.26. The molecule has 0 aromatic carbocycles. The zero-order valence-corrected chi connectivity index (χ0v) is 11.9. The summed E-state index contributed by atoms with van der Waals surface area (Å²) in [5, 5.41) is 0. The number of hydrogen-bond donors (Lipinski definition) is 0. The van der Waals surface area contributed by atoms with Gasteiger partial charge in [0, 0.05) is 25.2 Å². The largest absolute Gasteiger partial charge is 0.487 e. The Balaban J connectivity index is 2.08. The van der Waals surface area contributed by atoms with E-state index in [1.54, 1.807) is 13.1 Å². The average Bonchev–Trinajstić information content (AvgIpc) is 2.39. The molecule has 1 aromatic rings. The number of ether oxygens (including phenoxy) is 1. The Morgan fingerprint density at radius 2 is 2.11 bits per heavy atom. The number of nitrogens with zero attached hydrogens (tertiary/aromatic N) is 2. The highest BCUT2D eigenvalue weighted by molar-refractivity contribution is 5.78. The van der Waals surface area contributed by atoms with Crippen LogP contribution in [0.5, 0.6) is 5.75 Å². The first-order chi connectivity index (χ1) is 9.08. The molecule has 1 aromatic heterocycles. The van der Waals surface area contributed by atoms with Gasteiger partial charge in [-0.2, -0.15) is 0 Å². The van der Waals surface area contributed by atoms with E-state index in [1.165, 1.54) is 0 Å². The predicted octanol–water partition coefficient (Wildman–Crippen LogP) is 2.67. The molecule has 0 aliphatic carbocycles. The summed E-state index contributed by atoms with van der Waals surface area (Å²) in [6.45, 7) is 7.46. The van der Waals surface area contributed by atoms with Crippen LogP contribution in [0.15, 0.2) is 18.3 Å². The van der Waals surface area contributed by atoms with E-state index in [0.717, 1.165) is 37.5 Å². The molecule has 0 atom stereocenters. The van der Waals surface area contributed by atoms with Crippen molar-refractivity contribution < 1.29 is 9.53 Å². The van der Waals surface area contributed by atoms with Crippen molar-refractivity contribution in [1.29, 1.82) is 0 Å². The van der Waals surface area contributed by atoms with Crippen LogP contribution in [0, 0.1) is 5.92 Å². The minimum Gasteiger partial charge on any atom is -0.487 e. The monoisotopic (exact) mass is 262 g/mol. The number of Topliss-reactive ketones (excluding diaryl/α,β-unsaturated/α-hetero) is 1. The van der Waals surface area contributed by atoms with Crippen molar-refractivity contribution in [2.45, 2.75) is 39.7 Å². The maximum absolute atomic E-state index is 11.4. The second kappa shape index (κ2) is 6.04. The molecule has 0 N–H and O–H groups in total. The van der Waals surface area contributed by atoms with Gasteiger partial charge in [0.15, 0.2) is 11.6 Å². The number of ketones is 1. The number of rotatable bonds is 4. The summed E-state index contributed by atoms with van der Waals surface area (Å²) in [6, 6.07) is 3.85. The Labute approximate surface area is 114 Å². The molecule has 104 valence electrons. The van der Waals surface area contributed by atoms with E-state index in [2.05, 4.69) is 9.88 Å². The lowest BCUT2D eigenvalue weighted by atomic mass is 9.93. The highest BCUT2D eigenvalue weighted by Crippen LogP contribution is 2.30. The van der Waals surface area contributed by atoms with Gasteiger partial charge < -0.3 is 9.64 Å². The molecule has 19 heavy (non-hydrogen) atoms. The molecule has 4 heteroatoms. The quantitative estimate of drug-likeness (QED) is 0.836. The van der Waals surface area contributed by atoms with Crippen LogP contribution in [-0.4, -0.2) is 30.0 Å². The topological polar surface area (TPSA) is 42.4 Å². The minimum atomic E-state index is 0.137. The summed E-state index contributed by atoms with van der Waals surface area (Å²) in [7, 11) is 0. The van der Waals surface area contributed by atoms with E-state index in [9.17, 15) is 4.79 Å². The third-order valence-corrected chi connectivity index (χ3v) is 3.48. The van der Waals surface area contributed by atoms with Crippen LogP contribution >= 0.6 is 0 Å². The lowest BCUT2D eigenvalue weighted by molar-refractivity contribution is -0.121. The summed E-state index contributed by atoms with van der Waals surface area (Å²) in [4.78, 5) is 18.1. The number of piperidine rings is 1. The Morgan fingerprint density at radius 3 is 2.68 bits per heavy atom. The first kappa shape index (κ1) is 13.8. The molecule has 0 unspecified atom stereocenters. The Bertz CT molecular complexity index is 438. The zero-order valence-electron chi connectivity index (χ0n) is 11.9. The number of pyridine rings is 1. The van der Waals surface area contributed by atoms with Gasteiger partial charge in [-0.25, -0.2) is 4.98 Å². The van der Waals surface area contributed by atoms with E-state index in [1.807, 2.05) is 26.0 Å². The van der Waals surface area contributed by atoms with Gasteiger partial charge in [0.2, 0.25) is 0 Å². The van der Waals surface area contributed by atoms with Gasteiger partial charge >= 0.3 is 0 Å². The molecular weight excluding hydrogens is 240 g/mol. The molecular formula is C15H22N2O2. The van der Waals surface area contributed by atoms with E-state index < -0.39 is 0 Å². The van der Waals surface area contributed by atoms with E-state index >= 15 is 0 Å². The van der Waals surface area contributed by atoms with Gasteiger partial charge in [0.05, 0.1) is 6.10 Å². The second-order valence-electron chi connectivity index (χ2n) is 5.36. The molecule has 2 heterocycles. The highest BCUT2D eigenvalue weighted by atomic mass is 16.5. The lowest BCUT2D eigenvalue weighted by Gasteiger charge is -2.32. The predicted molar refractivity (Wildman–Crippen MR) is 75.6 cm³/mol. The Morgan fingerprint density at radius 1 is 1.42 bits per heavy atom. The van der Waals surface area contributed by atoms with Crippen molar-refractivity contribution in [2.75, 3.05) is 18.0 Å². The normalized spacial score (nSPS) is 16.7. The van der Waals surface area contributed by atoms with Crippen molar-refractivity contribution >= 4 is 11.6 Å². The van der Waals surface area contributed by atoms with Crippen LogP contribution in [0.1, 0.15) is 33.6 Å². The van der Waals surface area contributed by atoms with E-state index in [0.29, 0.717) is 5.78 Å². The fourth-order valence-corrected chi connectivity index (χ4v) is 2.46. The fraction of sp³-hybridized carbons (Fsp3) is 0.600. The Hall–Kier alpha value is -1.58. The van der Waals surface area contributed by atoms with Crippen molar-refractivity contribution in [1.82, 2.24) is 4.98 Å². The first-order valence-electron chi connectivity index (χ1n) is 6.95. The number of aromatic nitrogens is 1. The molecule has 1 saturated heterocycles. The first-order valence-corrected chi connectivity index (χ1v) is 6.95. The van der Waals surface area contributed by atoms with Crippen molar-refractivity contribution in [3.63, 3.8) is 0 Å². The van der Waals surface area contributed by atoms with Gasteiger partial charge in [-0.3, -0.25) is 4.79 Å². The molecule has 1 aliphatic rings. The summed E-state index contributed by atoms with van der Waals surface area (Å²) < 4.78 is 5.80. The molecule has 1 aliphatic heterocycles. The molecule has 0 bridgehead atoms. The molecule has 4 nitrogen and oxygen atoms in total. The number of anilines is 1. The summed E-state index contributed by atoms with van der Waals surface area (Å²) >= 11 is 0. The molecule has 0 radical (unpaired) electrons. The van der Waals surface area contributed by atoms with Gasteiger partial charge in [-0.1, -0.05) is 0 Å². The Kier molecular flexibility index (Phi) is 4.40. The van der Waals surface area contributed by atoms with Crippen LogP contribution in [0.3, 0.4) is 0 Å². The van der Waals surface area contributed by atoms with Gasteiger partial charge in [0.25, 0.3) is 0 Å². The molecule has 2 rings (SSSR count). The van der Waals surface area contributed by atoms with Crippen LogP contribution in [0.2, 0.25) is 0 Å². The maximum atomic E-state index is 11.4. The van der Waals surface area contributed by atoms with Crippen molar-refractivity contribution in [3.05, 3.63) is 18.3 Å². The zero-order chi connectivity index (χ0) is 13.8. The highest BCUT2D eigenvalue weighted by Gasteiger charge is 2.24. The molecule has 0 amide bonds. The number of carbonyl (C=O) groups excluding carboxylic acids is 1. The number of hydrogen-bond acceptors (Lipinski definition) is 4. The third kappa shape index (κ3) is 3.46. The van der Waals surface area contributed by atoms with Crippen molar-refractivity contribution in [3.8, 4) is 5.75 Å². The molecule has 1 fully saturated rings. The smallest absolute Gasteiger partial charge is 0.171 e. The van der Waals surface area contributed by atoms with Crippen LogP contribution in [-0.2, 0) is 4.79 Å². The maximum Gasteiger partial charge on any atom is 0.171 e. The fourth-order valence-electron chi connectivity index (χ4n) is 2.46. The standard InChI is InChI=1S/C15H22N2O2/c1-11(2)19-14-5-4-8-16-15(14)17-9-6-13(7-10-17)12(3)18/h4-5,8,11,13H,6-7,9-10H2,1-3H3. The second-order valence-corrected chi connectivity index (χ2v) is 5.36. The minimum absolute atomic E-state index is 0.137. The van der Waals surface area contributed by atoms with E-state index in [4.69, 9.17) is 4.74 Å². The summed E-state index contributed by atoms with van der Waals surface area (Å²) in [5.41, 5.74) is 0. The van der Waals surface area contributed by atoms with Gasteiger partial charge in [-0.05, 0) is 45.7 Å². The van der Waals surface area contributed by atoms with Crippen LogP contribution in [0.25, 0.3) is 0 Å². The van der Waals surface area contributed by atoms with Gasteiger partial charge in [-0.15, -0.1) is 0 Å².